The van der Waals surface area contributed by atoms with Gasteiger partial charge in [0.25, 0.3) is 0 Å². The monoisotopic (exact) mass is 486 g/mol. The van der Waals surface area contributed by atoms with Gasteiger partial charge in [-0.3, -0.25) is 4.90 Å². The predicted molar refractivity (Wildman–Crippen MR) is 133 cm³/mol. The van der Waals surface area contributed by atoms with Crippen LogP contribution in [0, 0.1) is 13.8 Å². The summed E-state index contributed by atoms with van der Waals surface area (Å²) in [5.41, 5.74) is 4.37. The third-order valence-corrected chi connectivity index (χ3v) is 7.01. The molecule has 4 atom stereocenters. The van der Waals surface area contributed by atoms with Crippen LogP contribution in [0.4, 0.5) is 16.5 Å². The molecule has 0 spiro atoms. The summed E-state index contributed by atoms with van der Waals surface area (Å²) in [6.07, 6.45) is 0.678. The number of amides is 1. The van der Waals surface area contributed by atoms with Crippen molar-refractivity contribution in [3.8, 4) is 0 Å². The maximum atomic E-state index is 12.5. The Morgan fingerprint density at radius 3 is 2.83 bits per heavy atom. The second-order valence-electron chi connectivity index (χ2n) is 9.84. The SMILES string of the molecule is CC[C@@H](C)OC(=O)N1CCN(Cc2cc(C)cc(Nc3nnc([C@H]4NCC[C@H]4O)o3)c2C)C[C@@H]1C. The highest BCUT2D eigenvalue weighted by Crippen LogP contribution is 2.29. The number of hydrogen-bond acceptors (Lipinski definition) is 9. The second-order valence-corrected chi connectivity index (χ2v) is 9.84. The Bertz CT molecular complexity index is 1030. The van der Waals surface area contributed by atoms with Crippen LogP contribution in [0.2, 0.25) is 0 Å². The zero-order valence-corrected chi connectivity index (χ0v) is 21.4. The molecule has 0 radical (unpaired) electrons. The zero-order chi connectivity index (χ0) is 25.1. The molecule has 0 unspecified atom stereocenters. The lowest BCUT2D eigenvalue weighted by molar-refractivity contribution is 0.0300. The van der Waals surface area contributed by atoms with Crippen molar-refractivity contribution >= 4 is 17.8 Å². The van der Waals surface area contributed by atoms with Gasteiger partial charge in [-0.15, -0.1) is 5.10 Å². The average molecular weight is 487 g/mol. The lowest BCUT2D eigenvalue weighted by atomic mass is 10.0. The summed E-state index contributed by atoms with van der Waals surface area (Å²) in [5.74, 6) is 0.391. The van der Waals surface area contributed by atoms with E-state index in [1.165, 1.54) is 5.56 Å². The van der Waals surface area contributed by atoms with Gasteiger partial charge in [0.2, 0.25) is 5.89 Å². The highest BCUT2D eigenvalue weighted by Gasteiger charge is 2.31. The van der Waals surface area contributed by atoms with E-state index in [1.54, 1.807) is 0 Å². The molecule has 10 nitrogen and oxygen atoms in total. The summed E-state index contributed by atoms with van der Waals surface area (Å²) < 4.78 is 11.3. The smallest absolute Gasteiger partial charge is 0.410 e. The number of hydrogen-bond donors (Lipinski definition) is 3. The van der Waals surface area contributed by atoms with Crippen molar-refractivity contribution in [3.63, 3.8) is 0 Å². The predicted octanol–water partition coefficient (Wildman–Crippen LogP) is 3.27. The maximum Gasteiger partial charge on any atom is 0.410 e. The Hall–Kier alpha value is -2.69. The molecule has 2 fully saturated rings. The molecule has 3 heterocycles. The maximum absolute atomic E-state index is 12.5. The minimum atomic E-state index is -0.518. The number of piperazine rings is 1. The van der Waals surface area contributed by atoms with Gasteiger partial charge >= 0.3 is 12.1 Å². The van der Waals surface area contributed by atoms with Crippen LogP contribution in [0.1, 0.15) is 62.2 Å². The van der Waals surface area contributed by atoms with Crippen molar-refractivity contribution in [3.05, 3.63) is 34.7 Å². The number of anilines is 2. The summed E-state index contributed by atoms with van der Waals surface area (Å²) in [6, 6.07) is 4.33. The van der Waals surface area contributed by atoms with Crippen LogP contribution in [0.25, 0.3) is 0 Å². The fourth-order valence-corrected chi connectivity index (χ4v) is 4.71. The summed E-state index contributed by atoms with van der Waals surface area (Å²) >= 11 is 0. The summed E-state index contributed by atoms with van der Waals surface area (Å²) in [7, 11) is 0. The Kier molecular flexibility index (Phi) is 7.93. The highest BCUT2D eigenvalue weighted by atomic mass is 16.6. The minimum Gasteiger partial charge on any atom is -0.446 e. The van der Waals surface area contributed by atoms with Crippen LogP contribution in [-0.2, 0) is 11.3 Å². The van der Waals surface area contributed by atoms with Crippen LogP contribution in [-0.4, -0.2) is 75.6 Å². The summed E-state index contributed by atoms with van der Waals surface area (Å²) in [5, 5.41) is 24.8. The second kappa shape index (κ2) is 10.9. The van der Waals surface area contributed by atoms with Crippen molar-refractivity contribution in [1.29, 1.82) is 0 Å². The normalized spacial score (nSPS) is 23.9. The number of rotatable bonds is 7. The van der Waals surface area contributed by atoms with E-state index in [0.29, 0.717) is 24.9 Å². The molecule has 2 saturated heterocycles. The third kappa shape index (κ3) is 5.94. The standard InChI is InChI=1S/C25H38N6O4/c1-6-17(4)34-25(33)31-10-9-30(13-16(31)3)14-19-11-15(2)12-20(18(19)5)27-24-29-28-23(35-24)22-21(32)7-8-26-22/h11-12,16-17,21-22,26,32H,6-10,13-14H2,1-5H3,(H,27,29)/t16-,17+,21+,22-/m0/s1. The third-order valence-electron chi connectivity index (χ3n) is 7.01. The molecule has 1 aromatic carbocycles. The number of nitrogens with zero attached hydrogens (tertiary/aromatic N) is 4. The van der Waals surface area contributed by atoms with Crippen LogP contribution < -0.4 is 10.6 Å². The van der Waals surface area contributed by atoms with Gasteiger partial charge in [0.05, 0.1) is 6.10 Å². The van der Waals surface area contributed by atoms with Gasteiger partial charge in [-0.05, 0) is 69.8 Å². The van der Waals surface area contributed by atoms with Crippen molar-refractivity contribution in [2.24, 2.45) is 0 Å². The molecule has 35 heavy (non-hydrogen) atoms. The first kappa shape index (κ1) is 25.4. The van der Waals surface area contributed by atoms with Crippen molar-refractivity contribution in [2.45, 2.75) is 78.3 Å². The first-order chi connectivity index (χ1) is 16.7. The van der Waals surface area contributed by atoms with E-state index in [9.17, 15) is 9.90 Å². The molecule has 4 rings (SSSR count). The Morgan fingerprint density at radius 1 is 1.34 bits per heavy atom. The molecule has 2 aliphatic heterocycles. The number of aliphatic hydroxyl groups excluding tert-OH is 1. The van der Waals surface area contributed by atoms with E-state index in [2.05, 4.69) is 58.6 Å². The number of carbonyl (C=O) groups excluding carboxylic acids is 1. The van der Waals surface area contributed by atoms with Crippen LogP contribution in [0.15, 0.2) is 16.5 Å². The summed E-state index contributed by atoms with van der Waals surface area (Å²) in [4.78, 5) is 16.7. The van der Waals surface area contributed by atoms with Crippen molar-refractivity contribution in [2.75, 3.05) is 31.5 Å². The topological polar surface area (TPSA) is 116 Å². The molecule has 3 N–H and O–H groups in total. The summed E-state index contributed by atoms with van der Waals surface area (Å²) in [6.45, 7) is 13.9. The van der Waals surface area contributed by atoms with E-state index < -0.39 is 6.10 Å². The van der Waals surface area contributed by atoms with Crippen molar-refractivity contribution < 1.29 is 19.1 Å². The number of aryl methyl sites for hydroxylation is 1. The highest BCUT2D eigenvalue weighted by molar-refractivity contribution is 5.68. The van der Waals surface area contributed by atoms with Crippen molar-refractivity contribution in [1.82, 2.24) is 25.3 Å². The quantitative estimate of drug-likeness (QED) is 0.542. The molecule has 1 amide bonds. The average Bonchev–Trinajstić information content (AvgIpc) is 3.45. The van der Waals surface area contributed by atoms with Gasteiger partial charge in [-0.1, -0.05) is 18.1 Å². The molecule has 192 valence electrons. The molecular weight excluding hydrogens is 448 g/mol. The molecule has 10 heteroatoms. The molecule has 0 saturated carbocycles. The molecule has 0 aliphatic carbocycles. The lowest BCUT2D eigenvalue weighted by Gasteiger charge is -2.39. The first-order valence-electron chi connectivity index (χ1n) is 12.6. The van der Waals surface area contributed by atoms with E-state index in [-0.39, 0.29) is 24.3 Å². The molecular formula is C25H38N6O4. The van der Waals surface area contributed by atoms with Gasteiger partial charge in [-0.25, -0.2) is 4.79 Å². The van der Waals surface area contributed by atoms with E-state index in [4.69, 9.17) is 9.15 Å². The van der Waals surface area contributed by atoms with Gasteiger partial charge in [0, 0.05) is 37.9 Å². The molecule has 2 aromatic rings. The van der Waals surface area contributed by atoms with E-state index in [1.807, 2.05) is 18.7 Å². The van der Waals surface area contributed by atoms with Gasteiger partial charge in [0.15, 0.2) is 0 Å². The Labute approximate surface area is 207 Å². The largest absolute Gasteiger partial charge is 0.446 e. The molecule has 0 bridgehead atoms. The van der Waals surface area contributed by atoms with Gasteiger partial charge in [0.1, 0.15) is 12.1 Å². The van der Waals surface area contributed by atoms with Gasteiger partial charge in [-0.2, -0.15) is 0 Å². The number of ether oxygens (including phenoxy) is 1. The Balaban J connectivity index is 1.41. The zero-order valence-electron chi connectivity index (χ0n) is 21.4. The number of benzene rings is 1. The van der Waals surface area contributed by atoms with E-state index in [0.717, 1.165) is 49.4 Å². The number of aromatic nitrogens is 2. The first-order valence-corrected chi connectivity index (χ1v) is 12.6. The lowest BCUT2D eigenvalue weighted by Crippen LogP contribution is -2.54. The van der Waals surface area contributed by atoms with Crippen LogP contribution in [0.5, 0.6) is 0 Å². The van der Waals surface area contributed by atoms with Crippen LogP contribution >= 0.6 is 0 Å². The fourth-order valence-electron chi connectivity index (χ4n) is 4.71. The molecule has 1 aromatic heterocycles. The number of aliphatic hydroxyl groups is 1. The fraction of sp³-hybridized carbons (Fsp3) is 0.640. The number of nitrogens with one attached hydrogen (secondary N) is 2. The minimum absolute atomic E-state index is 0.0666. The van der Waals surface area contributed by atoms with E-state index >= 15 is 0 Å². The van der Waals surface area contributed by atoms with Gasteiger partial charge < -0.3 is 29.8 Å². The Morgan fingerprint density at radius 2 is 2.14 bits per heavy atom. The van der Waals surface area contributed by atoms with Crippen LogP contribution in [0.3, 0.4) is 0 Å². The molecule has 2 aliphatic rings. The number of carbonyl (C=O) groups is 1.